The van der Waals surface area contributed by atoms with Gasteiger partial charge in [-0.1, -0.05) is 18.2 Å². The molecule has 1 aromatic heterocycles. The fourth-order valence-electron chi connectivity index (χ4n) is 5.09. The number of hydrogen-bond acceptors (Lipinski definition) is 5. The Morgan fingerprint density at radius 3 is 2.00 bits per heavy atom. The predicted octanol–water partition coefficient (Wildman–Crippen LogP) is 5.47. The van der Waals surface area contributed by atoms with Crippen LogP contribution in [0.2, 0.25) is 0 Å². The number of aromatic nitrogens is 1. The third-order valence-corrected chi connectivity index (χ3v) is 7.38. The molecular weight excluding hydrogens is 520 g/mol. The molecule has 9 nitrogen and oxygen atoms in total. The number of urea groups is 1. The van der Waals surface area contributed by atoms with Crippen LogP contribution in [-0.4, -0.2) is 73.8 Å². The second-order valence-electron chi connectivity index (χ2n) is 9.70. The SMILES string of the molecule is COc1ccc(-c2cc(C(=O)N3CCN(C(=O)Nc4ccc(OC)cc4OC)CC3)c(C)n2-c2ccccc2)cc1. The van der Waals surface area contributed by atoms with Gasteiger partial charge in [-0.25, -0.2) is 4.79 Å². The fraction of sp³-hybridized carbons (Fsp3) is 0.250. The molecule has 9 heteroatoms. The number of para-hydroxylation sites is 1. The maximum Gasteiger partial charge on any atom is 0.322 e. The summed E-state index contributed by atoms with van der Waals surface area (Å²) in [5.41, 5.74) is 4.93. The van der Waals surface area contributed by atoms with Gasteiger partial charge in [-0.2, -0.15) is 0 Å². The smallest absolute Gasteiger partial charge is 0.322 e. The van der Waals surface area contributed by atoms with Crippen molar-refractivity contribution in [2.45, 2.75) is 6.92 Å². The normalized spacial score (nSPS) is 13.1. The number of amides is 3. The zero-order chi connectivity index (χ0) is 28.9. The Morgan fingerprint density at radius 1 is 0.732 bits per heavy atom. The third-order valence-electron chi connectivity index (χ3n) is 7.38. The summed E-state index contributed by atoms with van der Waals surface area (Å²) in [5, 5.41) is 2.91. The topological polar surface area (TPSA) is 85.3 Å². The van der Waals surface area contributed by atoms with E-state index in [2.05, 4.69) is 9.88 Å². The van der Waals surface area contributed by atoms with Crippen molar-refractivity contribution in [3.63, 3.8) is 0 Å². The van der Waals surface area contributed by atoms with Crippen LogP contribution in [-0.2, 0) is 0 Å². The summed E-state index contributed by atoms with van der Waals surface area (Å²) in [6.07, 6.45) is 0. The second kappa shape index (κ2) is 12.1. The van der Waals surface area contributed by atoms with Crippen molar-refractivity contribution in [2.75, 3.05) is 52.8 Å². The zero-order valence-corrected chi connectivity index (χ0v) is 23.7. The summed E-state index contributed by atoms with van der Waals surface area (Å²) in [7, 11) is 4.76. The first-order chi connectivity index (χ1) is 19.9. The summed E-state index contributed by atoms with van der Waals surface area (Å²) < 4.78 is 18.1. The first-order valence-electron chi connectivity index (χ1n) is 13.4. The minimum Gasteiger partial charge on any atom is -0.497 e. The molecule has 0 bridgehead atoms. The highest BCUT2D eigenvalue weighted by Crippen LogP contribution is 2.32. The van der Waals surface area contributed by atoms with Crippen molar-refractivity contribution in [1.29, 1.82) is 0 Å². The lowest BCUT2D eigenvalue weighted by molar-refractivity contribution is 0.0671. The molecule has 5 rings (SSSR count). The standard InChI is InChI=1S/C32H34N4O5/c1-22-27(21-29(23-10-12-25(39-2)13-11-23)36(22)24-8-6-5-7-9-24)31(37)34-16-18-35(19-17-34)32(38)33-28-15-14-26(40-3)20-30(28)41-4/h5-15,20-21H,16-19H2,1-4H3,(H,33,38). The van der Waals surface area contributed by atoms with Crippen molar-refractivity contribution in [2.24, 2.45) is 0 Å². The molecule has 212 valence electrons. The number of carbonyl (C=O) groups excluding carboxylic acids is 2. The van der Waals surface area contributed by atoms with E-state index < -0.39 is 0 Å². The first kappa shape index (κ1) is 27.6. The molecule has 0 atom stereocenters. The average Bonchev–Trinajstić information content (AvgIpc) is 3.38. The van der Waals surface area contributed by atoms with Gasteiger partial charge in [0, 0.05) is 43.6 Å². The van der Waals surface area contributed by atoms with Crippen LogP contribution in [0.5, 0.6) is 17.2 Å². The average molecular weight is 555 g/mol. The molecule has 0 unspecified atom stereocenters. The van der Waals surface area contributed by atoms with Gasteiger partial charge in [0.15, 0.2) is 0 Å². The van der Waals surface area contributed by atoms with Crippen molar-refractivity contribution in [3.05, 3.63) is 90.1 Å². The van der Waals surface area contributed by atoms with E-state index in [9.17, 15) is 9.59 Å². The molecule has 1 aliphatic heterocycles. The Balaban J connectivity index is 1.33. The van der Waals surface area contributed by atoms with Crippen LogP contribution in [0.3, 0.4) is 0 Å². The van der Waals surface area contributed by atoms with Crippen LogP contribution in [0.1, 0.15) is 16.1 Å². The highest BCUT2D eigenvalue weighted by molar-refractivity contribution is 5.98. The van der Waals surface area contributed by atoms with Crippen LogP contribution in [0, 0.1) is 6.92 Å². The maximum atomic E-state index is 13.8. The largest absolute Gasteiger partial charge is 0.497 e. The van der Waals surface area contributed by atoms with E-state index in [1.165, 1.54) is 0 Å². The van der Waals surface area contributed by atoms with Crippen LogP contribution in [0.25, 0.3) is 16.9 Å². The van der Waals surface area contributed by atoms with Gasteiger partial charge in [-0.3, -0.25) is 4.79 Å². The number of nitrogens with one attached hydrogen (secondary N) is 1. The lowest BCUT2D eigenvalue weighted by Gasteiger charge is -2.34. The third kappa shape index (κ3) is 5.70. The molecule has 1 fully saturated rings. The Bertz CT molecular complexity index is 1520. The summed E-state index contributed by atoms with van der Waals surface area (Å²) in [4.78, 5) is 30.3. The fourth-order valence-corrected chi connectivity index (χ4v) is 5.09. The number of hydrogen-bond donors (Lipinski definition) is 1. The first-order valence-corrected chi connectivity index (χ1v) is 13.4. The van der Waals surface area contributed by atoms with Gasteiger partial charge >= 0.3 is 6.03 Å². The van der Waals surface area contributed by atoms with E-state index in [4.69, 9.17) is 14.2 Å². The summed E-state index contributed by atoms with van der Waals surface area (Å²) >= 11 is 0. The van der Waals surface area contributed by atoms with Crippen LogP contribution in [0.4, 0.5) is 10.5 Å². The Labute approximate surface area is 239 Å². The van der Waals surface area contributed by atoms with E-state index in [0.29, 0.717) is 48.9 Å². The van der Waals surface area contributed by atoms with E-state index >= 15 is 0 Å². The minimum atomic E-state index is -0.242. The number of carbonyl (C=O) groups is 2. The van der Waals surface area contributed by atoms with Crippen LogP contribution >= 0.6 is 0 Å². The van der Waals surface area contributed by atoms with Gasteiger partial charge in [-0.15, -0.1) is 0 Å². The summed E-state index contributed by atoms with van der Waals surface area (Å²) in [6, 6.07) is 24.8. The van der Waals surface area contributed by atoms with E-state index in [-0.39, 0.29) is 11.9 Å². The Hall–Kier alpha value is -4.92. The molecule has 41 heavy (non-hydrogen) atoms. The molecule has 2 heterocycles. The number of benzene rings is 3. The highest BCUT2D eigenvalue weighted by atomic mass is 16.5. The molecule has 3 aromatic carbocycles. The number of piperazine rings is 1. The molecule has 3 amide bonds. The molecule has 1 N–H and O–H groups in total. The van der Waals surface area contributed by atoms with Gasteiger partial charge < -0.3 is 33.9 Å². The lowest BCUT2D eigenvalue weighted by atomic mass is 10.1. The quantitative estimate of drug-likeness (QED) is 0.328. The van der Waals surface area contributed by atoms with Crippen molar-refractivity contribution < 1.29 is 23.8 Å². The van der Waals surface area contributed by atoms with Crippen LogP contribution < -0.4 is 19.5 Å². The van der Waals surface area contributed by atoms with Gasteiger partial charge in [-0.05, 0) is 67.1 Å². The van der Waals surface area contributed by atoms with E-state index in [1.807, 2.05) is 72.5 Å². The molecule has 1 aliphatic rings. The number of anilines is 1. The van der Waals surface area contributed by atoms with Gasteiger partial charge in [0.05, 0.1) is 38.3 Å². The van der Waals surface area contributed by atoms with Gasteiger partial charge in [0.2, 0.25) is 0 Å². The predicted molar refractivity (Wildman–Crippen MR) is 159 cm³/mol. The van der Waals surface area contributed by atoms with Gasteiger partial charge in [0.25, 0.3) is 5.91 Å². The highest BCUT2D eigenvalue weighted by Gasteiger charge is 2.28. The van der Waals surface area contributed by atoms with E-state index in [1.54, 1.807) is 44.4 Å². The molecular formula is C32H34N4O5. The molecule has 0 aliphatic carbocycles. The molecule has 0 radical (unpaired) electrons. The Morgan fingerprint density at radius 2 is 1.37 bits per heavy atom. The van der Waals surface area contributed by atoms with Crippen molar-refractivity contribution in [1.82, 2.24) is 14.4 Å². The zero-order valence-electron chi connectivity index (χ0n) is 23.7. The Kier molecular flexibility index (Phi) is 8.14. The number of rotatable bonds is 7. The molecule has 1 saturated heterocycles. The molecule has 0 spiro atoms. The van der Waals surface area contributed by atoms with Crippen LogP contribution in [0.15, 0.2) is 78.9 Å². The number of methoxy groups -OCH3 is 3. The summed E-state index contributed by atoms with van der Waals surface area (Å²) in [6.45, 7) is 3.67. The summed E-state index contributed by atoms with van der Waals surface area (Å²) in [5.74, 6) is 1.87. The molecule has 0 saturated carbocycles. The van der Waals surface area contributed by atoms with Crippen molar-refractivity contribution >= 4 is 17.6 Å². The maximum absolute atomic E-state index is 13.8. The monoisotopic (exact) mass is 554 g/mol. The second-order valence-corrected chi connectivity index (χ2v) is 9.70. The minimum absolute atomic E-state index is 0.0520. The number of ether oxygens (including phenoxy) is 3. The lowest BCUT2D eigenvalue weighted by Crippen LogP contribution is -2.51. The van der Waals surface area contributed by atoms with Crippen molar-refractivity contribution in [3.8, 4) is 34.2 Å². The van der Waals surface area contributed by atoms with Gasteiger partial charge in [0.1, 0.15) is 17.2 Å². The van der Waals surface area contributed by atoms with E-state index in [0.717, 1.165) is 28.4 Å². The molecule has 4 aromatic rings. The number of nitrogens with zero attached hydrogens (tertiary/aromatic N) is 3.